The first kappa shape index (κ1) is 28.2. The van der Waals surface area contributed by atoms with E-state index in [0.29, 0.717) is 29.9 Å². The largest absolute Gasteiger partial charge is 0.454 e. The molecule has 0 radical (unpaired) electrons. The molecule has 9 nitrogen and oxygen atoms in total. The van der Waals surface area contributed by atoms with Gasteiger partial charge in [-0.05, 0) is 56.5 Å². The molecule has 202 valence electrons. The monoisotopic (exact) mass is 535 g/mol. The normalized spacial score (nSPS) is 14.1. The molecule has 0 aliphatic carbocycles. The lowest BCUT2D eigenvalue weighted by Gasteiger charge is -2.33. The molecular weight excluding hydrogens is 501 g/mol. The minimum absolute atomic E-state index is 0.00664. The predicted molar refractivity (Wildman–Crippen MR) is 138 cm³/mol. The number of carbonyl (C=O) groups is 2. The van der Waals surface area contributed by atoms with Gasteiger partial charge in [0.05, 0.1) is 11.4 Å². The number of nitrogens with one attached hydrogen (secondary N) is 1. The lowest BCUT2D eigenvalue weighted by atomic mass is 10.1. The van der Waals surface area contributed by atoms with E-state index in [9.17, 15) is 22.4 Å². The molecule has 0 spiro atoms. The van der Waals surface area contributed by atoms with Crippen molar-refractivity contribution in [3.05, 3.63) is 53.8 Å². The number of carbonyl (C=O) groups excluding carboxylic acids is 2. The molecule has 0 bridgehead atoms. The first-order chi connectivity index (χ1) is 17.6. The van der Waals surface area contributed by atoms with E-state index in [1.54, 1.807) is 19.1 Å². The summed E-state index contributed by atoms with van der Waals surface area (Å²) in [5.74, 6) is -0.701. The zero-order valence-corrected chi connectivity index (χ0v) is 22.4. The summed E-state index contributed by atoms with van der Waals surface area (Å²) in [4.78, 5) is 28.3. The minimum Gasteiger partial charge on any atom is -0.454 e. The van der Waals surface area contributed by atoms with Crippen molar-refractivity contribution in [1.29, 1.82) is 0 Å². The number of fused-ring (bicyclic) bond motifs is 1. The molecule has 2 unspecified atom stereocenters. The number of amides is 2. The lowest BCUT2D eigenvalue weighted by molar-refractivity contribution is -0.140. The van der Waals surface area contributed by atoms with Gasteiger partial charge in [0, 0.05) is 18.7 Å². The Morgan fingerprint density at radius 2 is 1.70 bits per heavy atom. The van der Waals surface area contributed by atoms with Crippen LogP contribution in [0.25, 0.3) is 0 Å². The molecule has 37 heavy (non-hydrogen) atoms. The lowest BCUT2D eigenvalue weighted by Crippen LogP contribution is -2.53. The van der Waals surface area contributed by atoms with Crippen LogP contribution in [0.5, 0.6) is 11.5 Å². The van der Waals surface area contributed by atoms with Gasteiger partial charge in [-0.1, -0.05) is 26.0 Å². The number of rotatable bonds is 12. The van der Waals surface area contributed by atoms with Crippen molar-refractivity contribution in [2.75, 3.05) is 23.4 Å². The summed E-state index contributed by atoms with van der Waals surface area (Å²) >= 11 is 0. The van der Waals surface area contributed by atoms with E-state index < -0.39 is 34.3 Å². The number of hydrogen-bond acceptors (Lipinski definition) is 6. The van der Waals surface area contributed by atoms with Gasteiger partial charge in [-0.25, -0.2) is 12.8 Å². The third-order valence-corrected chi connectivity index (χ3v) is 8.02. The summed E-state index contributed by atoms with van der Waals surface area (Å²) in [6.45, 7) is 6.58. The van der Waals surface area contributed by atoms with Gasteiger partial charge >= 0.3 is 0 Å². The van der Waals surface area contributed by atoms with Crippen molar-refractivity contribution < 1.29 is 31.9 Å². The number of halogens is 1. The Morgan fingerprint density at radius 3 is 2.32 bits per heavy atom. The Hall–Kier alpha value is -3.34. The molecule has 1 N–H and O–H groups in total. The maximum Gasteiger partial charge on any atom is 0.244 e. The van der Waals surface area contributed by atoms with Crippen molar-refractivity contribution in [2.45, 2.75) is 59.2 Å². The molecule has 2 atom stereocenters. The second-order valence-electron chi connectivity index (χ2n) is 8.83. The van der Waals surface area contributed by atoms with Gasteiger partial charge in [-0.3, -0.25) is 13.9 Å². The van der Waals surface area contributed by atoms with Crippen LogP contribution >= 0.6 is 0 Å². The van der Waals surface area contributed by atoms with Crippen LogP contribution in [-0.2, 0) is 26.2 Å². The first-order valence-electron chi connectivity index (χ1n) is 12.3. The van der Waals surface area contributed by atoms with Gasteiger partial charge < -0.3 is 19.7 Å². The van der Waals surface area contributed by atoms with Crippen LogP contribution in [0.2, 0.25) is 0 Å². The average Bonchev–Trinajstić information content (AvgIpc) is 3.36. The fourth-order valence-electron chi connectivity index (χ4n) is 3.91. The fraction of sp³-hybridized carbons (Fsp3) is 0.462. The molecule has 11 heteroatoms. The van der Waals surface area contributed by atoms with E-state index in [2.05, 4.69) is 5.32 Å². The topological polar surface area (TPSA) is 105 Å². The van der Waals surface area contributed by atoms with Crippen LogP contribution in [0.4, 0.5) is 10.1 Å². The van der Waals surface area contributed by atoms with Gasteiger partial charge in [0.1, 0.15) is 18.4 Å². The van der Waals surface area contributed by atoms with Crippen molar-refractivity contribution in [1.82, 2.24) is 10.2 Å². The van der Waals surface area contributed by atoms with E-state index >= 15 is 0 Å². The zero-order valence-electron chi connectivity index (χ0n) is 21.6. The summed E-state index contributed by atoms with van der Waals surface area (Å²) in [5.41, 5.74) is 0.857. The van der Waals surface area contributed by atoms with Crippen LogP contribution in [0, 0.1) is 5.82 Å². The van der Waals surface area contributed by atoms with Crippen LogP contribution in [0.1, 0.15) is 46.1 Å². The number of hydrogen-bond donors (Lipinski definition) is 1. The Kier molecular flexibility index (Phi) is 9.36. The molecule has 0 fully saturated rings. The highest BCUT2D eigenvalue weighted by molar-refractivity contribution is 7.92. The third-order valence-electron chi connectivity index (χ3n) is 6.28. The third kappa shape index (κ3) is 6.91. The molecule has 0 saturated carbocycles. The van der Waals surface area contributed by atoms with Gasteiger partial charge in [-0.2, -0.15) is 0 Å². The van der Waals surface area contributed by atoms with Crippen LogP contribution in [-0.4, -0.2) is 56.3 Å². The molecule has 0 aromatic heterocycles. The highest BCUT2D eigenvalue weighted by atomic mass is 32.2. The summed E-state index contributed by atoms with van der Waals surface area (Å²) in [6, 6.07) is 9.32. The Bertz CT molecular complexity index is 1210. The number of benzene rings is 2. The number of ether oxygens (including phenoxy) is 2. The second-order valence-corrected chi connectivity index (χ2v) is 11.0. The first-order valence-corrected chi connectivity index (χ1v) is 13.9. The smallest absolute Gasteiger partial charge is 0.244 e. The number of nitrogens with zero attached hydrogens (tertiary/aromatic N) is 2. The summed E-state index contributed by atoms with van der Waals surface area (Å²) in [6.07, 6.45) is 1.01. The molecule has 2 aromatic rings. The van der Waals surface area contributed by atoms with Crippen molar-refractivity contribution in [2.24, 2.45) is 0 Å². The highest BCUT2D eigenvalue weighted by Gasteiger charge is 2.33. The number of sulfonamides is 1. The Labute approximate surface area is 217 Å². The standard InChI is InChI=1S/C26H34FN3O6S/c1-5-18(4)28-26(32)22(6-2)29(15-19-8-10-20(27)11-9-19)25(31)16-30(37(33,34)7-3)21-12-13-23-24(14-21)36-17-35-23/h8-14,18,22H,5-7,15-17H2,1-4H3,(H,28,32). The van der Waals surface area contributed by atoms with E-state index in [4.69, 9.17) is 9.47 Å². The fourth-order valence-corrected chi connectivity index (χ4v) is 4.96. The van der Waals surface area contributed by atoms with Gasteiger partial charge in [0.2, 0.25) is 28.6 Å². The molecule has 0 saturated heterocycles. The second kappa shape index (κ2) is 12.3. The maximum absolute atomic E-state index is 13.8. The molecule has 2 amide bonds. The van der Waals surface area contributed by atoms with Crippen molar-refractivity contribution in [3.8, 4) is 11.5 Å². The van der Waals surface area contributed by atoms with Crippen molar-refractivity contribution >= 4 is 27.5 Å². The molecule has 1 aliphatic rings. The average molecular weight is 536 g/mol. The van der Waals surface area contributed by atoms with E-state index in [1.165, 1.54) is 42.2 Å². The van der Waals surface area contributed by atoms with E-state index in [0.717, 1.165) is 4.31 Å². The number of anilines is 1. The van der Waals surface area contributed by atoms with Crippen LogP contribution < -0.4 is 19.1 Å². The van der Waals surface area contributed by atoms with E-state index in [1.807, 2.05) is 13.8 Å². The van der Waals surface area contributed by atoms with Gasteiger partial charge in [-0.15, -0.1) is 0 Å². The van der Waals surface area contributed by atoms with Crippen LogP contribution in [0.15, 0.2) is 42.5 Å². The molecule has 1 aliphatic heterocycles. The molecular formula is C26H34FN3O6S. The van der Waals surface area contributed by atoms with E-state index in [-0.39, 0.29) is 36.7 Å². The minimum atomic E-state index is -3.87. The molecule has 3 rings (SSSR count). The maximum atomic E-state index is 13.8. The molecule has 1 heterocycles. The summed E-state index contributed by atoms with van der Waals surface area (Å²) in [7, 11) is -3.87. The Balaban J connectivity index is 1.96. The summed E-state index contributed by atoms with van der Waals surface area (Å²) in [5, 5.41) is 2.91. The Morgan fingerprint density at radius 1 is 1.03 bits per heavy atom. The highest BCUT2D eigenvalue weighted by Crippen LogP contribution is 2.36. The van der Waals surface area contributed by atoms with Crippen LogP contribution in [0.3, 0.4) is 0 Å². The quantitative estimate of drug-likeness (QED) is 0.447. The predicted octanol–water partition coefficient (Wildman–Crippen LogP) is 3.43. The zero-order chi connectivity index (χ0) is 27.2. The van der Waals surface area contributed by atoms with Crippen molar-refractivity contribution in [3.63, 3.8) is 0 Å². The van der Waals surface area contributed by atoms with Gasteiger partial charge in [0.15, 0.2) is 11.5 Å². The SMILES string of the molecule is CCC(C)NC(=O)C(CC)N(Cc1ccc(F)cc1)C(=O)CN(c1ccc2c(c1)OCO2)S(=O)(=O)CC. The summed E-state index contributed by atoms with van der Waals surface area (Å²) < 4.78 is 51.4. The molecule has 2 aromatic carbocycles. The van der Waals surface area contributed by atoms with Gasteiger partial charge in [0.25, 0.3) is 0 Å².